The molecule has 2 heterocycles. The average molecular weight is 266 g/mol. The molecule has 0 saturated carbocycles. The summed E-state index contributed by atoms with van der Waals surface area (Å²) >= 11 is 0. The zero-order valence-electron chi connectivity index (χ0n) is 11.2. The summed E-state index contributed by atoms with van der Waals surface area (Å²) in [7, 11) is 0. The molecule has 6 heteroatoms. The highest BCUT2D eigenvalue weighted by atomic mass is 16.5. The van der Waals surface area contributed by atoms with Gasteiger partial charge in [-0.1, -0.05) is 5.16 Å². The van der Waals surface area contributed by atoms with Gasteiger partial charge in [-0.2, -0.15) is 0 Å². The van der Waals surface area contributed by atoms with Crippen molar-refractivity contribution in [3.8, 4) is 0 Å². The van der Waals surface area contributed by atoms with E-state index in [1.807, 2.05) is 0 Å². The lowest BCUT2D eigenvalue weighted by Gasteiger charge is -2.31. The van der Waals surface area contributed by atoms with Crippen molar-refractivity contribution in [1.82, 2.24) is 10.1 Å². The van der Waals surface area contributed by atoms with Crippen molar-refractivity contribution < 1.29 is 18.8 Å². The molecule has 0 unspecified atom stereocenters. The Hall–Kier alpha value is -1.85. The third-order valence-corrected chi connectivity index (χ3v) is 3.31. The molecule has 19 heavy (non-hydrogen) atoms. The Morgan fingerprint density at radius 3 is 3.00 bits per heavy atom. The Kier molecular flexibility index (Phi) is 4.19. The number of hydrogen-bond donors (Lipinski definition) is 0. The lowest BCUT2D eigenvalue weighted by atomic mass is 9.97. The summed E-state index contributed by atoms with van der Waals surface area (Å²) in [5.41, 5.74) is 0.463. The number of amides is 1. The first kappa shape index (κ1) is 13.6. The summed E-state index contributed by atoms with van der Waals surface area (Å²) in [5, 5.41) is 3.61. The number of likely N-dealkylation sites (tertiary alicyclic amines) is 1. The van der Waals surface area contributed by atoms with E-state index in [1.54, 1.807) is 18.7 Å². The Labute approximate surface area is 111 Å². The Morgan fingerprint density at radius 2 is 2.37 bits per heavy atom. The predicted molar refractivity (Wildman–Crippen MR) is 66.5 cm³/mol. The van der Waals surface area contributed by atoms with Crippen molar-refractivity contribution in [2.45, 2.75) is 26.7 Å². The number of carbonyl (C=O) groups excluding carboxylic acids is 2. The molecular weight excluding hydrogens is 248 g/mol. The molecule has 6 nitrogen and oxygen atoms in total. The minimum absolute atomic E-state index is 0.132. The number of esters is 1. The number of piperidine rings is 1. The maximum atomic E-state index is 12.3. The molecule has 1 aromatic rings. The number of rotatable bonds is 3. The first-order valence-corrected chi connectivity index (χ1v) is 6.50. The first-order valence-electron chi connectivity index (χ1n) is 6.50. The largest absolute Gasteiger partial charge is 0.466 e. The second-order valence-electron chi connectivity index (χ2n) is 4.64. The molecule has 2 rings (SSSR count). The summed E-state index contributed by atoms with van der Waals surface area (Å²) in [6.07, 6.45) is 3.00. The van der Waals surface area contributed by atoms with E-state index in [1.165, 1.54) is 6.20 Å². The van der Waals surface area contributed by atoms with E-state index < -0.39 is 0 Å². The molecule has 0 aromatic carbocycles. The smallest absolute Gasteiger partial charge is 0.310 e. The van der Waals surface area contributed by atoms with E-state index >= 15 is 0 Å². The number of aryl methyl sites for hydroxylation is 1. The molecule has 1 atom stereocenters. The topological polar surface area (TPSA) is 72.6 Å². The van der Waals surface area contributed by atoms with Crippen molar-refractivity contribution in [3.63, 3.8) is 0 Å². The van der Waals surface area contributed by atoms with E-state index in [9.17, 15) is 9.59 Å². The maximum Gasteiger partial charge on any atom is 0.310 e. The Bertz CT molecular complexity index is 469. The first-order chi connectivity index (χ1) is 9.13. The zero-order chi connectivity index (χ0) is 13.8. The van der Waals surface area contributed by atoms with Gasteiger partial charge in [0.25, 0.3) is 5.91 Å². The van der Waals surface area contributed by atoms with Crippen LogP contribution < -0.4 is 0 Å². The van der Waals surface area contributed by atoms with Gasteiger partial charge in [0, 0.05) is 13.1 Å². The molecule has 1 fully saturated rings. The molecule has 1 aromatic heterocycles. The van der Waals surface area contributed by atoms with Crippen molar-refractivity contribution >= 4 is 11.9 Å². The highest BCUT2D eigenvalue weighted by molar-refractivity contribution is 5.95. The summed E-state index contributed by atoms with van der Waals surface area (Å²) in [5.74, 6) is -0.0733. The molecule has 0 N–H and O–H groups in total. The molecule has 1 aliphatic rings. The number of hydrogen-bond acceptors (Lipinski definition) is 5. The quantitative estimate of drug-likeness (QED) is 0.773. The molecular formula is C13H18N2O4. The fourth-order valence-corrected chi connectivity index (χ4v) is 2.29. The highest BCUT2D eigenvalue weighted by Crippen LogP contribution is 2.20. The minimum Gasteiger partial charge on any atom is -0.466 e. The summed E-state index contributed by atoms with van der Waals surface area (Å²) in [6, 6.07) is 0. The van der Waals surface area contributed by atoms with E-state index in [2.05, 4.69) is 5.16 Å². The van der Waals surface area contributed by atoms with Crippen LogP contribution in [-0.2, 0) is 9.53 Å². The van der Waals surface area contributed by atoms with Crippen molar-refractivity contribution in [1.29, 1.82) is 0 Å². The van der Waals surface area contributed by atoms with Crippen LogP contribution in [-0.4, -0.2) is 41.6 Å². The van der Waals surface area contributed by atoms with Crippen LogP contribution in [0.15, 0.2) is 10.7 Å². The molecule has 1 aliphatic heterocycles. The lowest BCUT2D eigenvalue weighted by Crippen LogP contribution is -2.42. The van der Waals surface area contributed by atoms with E-state index in [0.717, 1.165) is 12.8 Å². The van der Waals surface area contributed by atoms with Gasteiger partial charge in [0.15, 0.2) is 0 Å². The highest BCUT2D eigenvalue weighted by Gasteiger charge is 2.30. The van der Waals surface area contributed by atoms with Gasteiger partial charge in [0.1, 0.15) is 11.3 Å². The van der Waals surface area contributed by atoms with E-state index in [-0.39, 0.29) is 17.8 Å². The second-order valence-corrected chi connectivity index (χ2v) is 4.64. The predicted octanol–water partition coefficient (Wildman–Crippen LogP) is 1.40. The summed E-state index contributed by atoms with van der Waals surface area (Å²) in [4.78, 5) is 25.7. The van der Waals surface area contributed by atoms with Gasteiger partial charge in [-0.15, -0.1) is 0 Å². The molecule has 0 bridgehead atoms. The molecule has 1 saturated heterocycles. The van der Waals surface area contributed by atoms with Crippen LogP contribution in [0.1, 0.15) is 35.9 Å². The van der Waals surface area contributed by atoms with E-state index in [4.69, 9.17) is 9.26 Å². The number of carbonyl (C=O) groups is 2. The maximum absolute atomic E-state index is 12.3. The number of nitrogens with zero attached hydrogens (tertiary/aromatic N) is 2. The van der Waals surface area contributed by atoms with Crippen LogP contribution in [0.25, 0.3) is 0 Å². The minimum atomic E-state index is -0.224. The van der Waals surface area contributed by atoms with Crippen molar-refractivity contribution in [2.75, 3.05) is 19.7 Å². The Morgan fingerprint density at radius 1 is 1.58 bits per heavy atom. The fraction of sp³-hybridized carbons (Fsp3) is 0.615. The zero-order valence-corrected chi connectivity index (χ0v) is 11.2. The second kappa shape index (κ2) is 5.86. The third-order valence-electron chi connectivity index (χ3n) is 3.31. The van der Waals surface area contributed by atoms with Gasteiger partial charge in [-0.3, -0.25) is 9.59 Å². The van der Waals surface area contributed by atoms with Gasteiger partial charge in [0.05, 0.1) is 18.7 Å². The van der Waals surface area contributed by atoms with Crippen LogP contribution in [0.4, 0.5) is 0 Å². The summed E-state index contributed by atoms with van der Waals surface area (Å²) < 4.78 is 9.92. The molecule has 104 valence electrons. The molecule has 0 spiro atoms. The molecule has 0 radical (unpaired) electrons. The van der Waals surface area contributed by atoms with Crippen LogP contribution in [0, 0.1) is 12.8 Å². The van der Waals surface area contributed by atoms with Crippen molar-refractivity contribution in [3.05, 3.63) is 17.5 Å². The normalized spacial score (nSPS) is 19.3. The number of aromatic nitrogens is 1. The fourth-order valence-electron chi connectivity index (χ4n) is 2.29. The van der Waals surface area contributed by atoms with E-state index in [0.29, 0.717) is 31.0 Å². The third kappa shape index (κ3) is 2.94. The summed E-state index contributed by atoms with van der Waals surface area (Å²) in [6.45, 7) is 4.91. The standard InChI is InChI=1S/C13H18N2O4/c1-3-18-13(17)10-5-4-6-15(8-10)12(16)11-7-14-19-9(11)2/h7,10H,3-6,8H2,1-2H3/t10-/m1/s1. The SMILES string of the molecule is CCOC(=O)[C@@H]1CCCN(C(=O)c2cnoc2C)C1. The van der Waals surface area contributed by atoms with Crippen LogP contribution in [0.5, 0.6) is 0 Å². The van der Waals surface area contributed by atoms with Crippen molar-refractivity contribution in [2.24, 2.45) is 5.92 Å². The molecule has 1 amide bonds. The van der Waals surface area contributed by atoms with Crippen LogP contribution in [0.3, 0.4) is 0 Å². The Balaban J connectivity index is 2.03. The van der Waals surface area contributed by atoms with Gasteiger partial charge >= 0.3 is 5.97 Å². The molecule has 0 aliphatic carbocycles. The van der Waals surface area contributed by atoms with Gasteiger partial charge in [-0.25, -0.2) is 0 Å². The monoisotopic (exact) mass is 266 g/mol. The lowest BCUT2D eigenvalue weighted by molar-refractivity contribution is -0.149. The van der Waals surface area contributed by atoms with Gasteiger partial charge < -0.3 is 14.2 Å². The van der Waals surface area contributed by atoms with Gasteiger partial charge in [-0.05, 0) is 26.7 Å². The van der Waals surface area contributed by atoms with Crippen LogP contribution in [0.2, 0.25) is 0 Å². The number of ether oxygens (including phenoxy) is 1. The van der Waals surface area contributed by atoms with Crippen LogP contribution >= 0.6 is 0 Å². The average Bonchev–Trinajstić information content (AvgIpc) is 2.84. The van der Waals surface area contributed by atoms with Gasteiger partial charge in [0.2, 0.25) is 0 Å².